The fourth-order valence-corrected chi connectivity index (χ4v) is 1.08. The van der Waals surface area contributed by atoms with E-state index in [0.29, 0.717) is 10.7 Å². The number of nitrogens with zero attached hydrogens (tertiary/aromatic N) is 1. The molecule has 0 aliphatic rings. The molecule has 1 nitrogen and oxygen atoms in total. The molecule has 0 bridgehead atoms. The van der Waals surface area contributed by atoms with Gasteiger partial charge in [-0.3, -0.25) is 4.98 Å². The minimum Gasteiger partial charge on any atom is -0.259 e. The van der Waals surface area contributed by atoms with Gasteiger partial charge in [0.25, 0.3) is 0 Å². The van der Waals surface area contributed by atoms with Crippen molar-refractivity contribution in [2.24, 2.45) is 0 Å². The lowest BCUT2D eigenvalue weighted by Crippen LogP contribution is -1.79. The van der Waals surface area contributed by atoms with E-state index in [4.69, 9.17) is 13.0 Å². The molecular weight excluding hydrogens is 201 g/mol. The van der Waals surface area contributed by atoms with Crippen LogP contribution in [0.25, 0.3) is 0 Å². The molecule has 0 saturated heterocycles. The highest BCUT2D eigenvalue weighted by atomic mass is 79.9. The van der Waals surface area contributed by atoms with Gasteiger partial charge in [0.2, 0.25) is 0 Å². The summed E-state index contributed by atoms with van der Waals surface area (Å²) in [6.07, 6.45) is 1.54. The standard InChI is InChI=1S/C6H5BrClN/c1-4-6(7)2-5(8)3-9-4/h2-3H,1H3/i1D. The molecule has 0 aliphatic carbocycles. The Morgan fingerprint density at radius 1 is 1.89 bits per heavy atom. The second-order valence-corrected chi connectivity index (χ2v) is 2.87. The van der Waals surface area contributed by atoms with Crippen molar-refractivity contribution < 1.29 is 1.37 Å². The van der Waals surface area contributed by atoms with Crippen LogP contribution in [0.3, 0.4) is 0 Å². The van der Waals surface area contributed by atoms with Crippen molar-refractivity contribution >= 4 is 27.5 Å². The van der Waals surface area contributed by atoms with E-state index < -0.39 is 0 Å². The zero-order valence-corrected chi connectivity index (χ0v) is 6.91. The van der Waals surface area contributed by atoms with Gasteiger partial charge in [-0.1, -0.05) is 11.6 Å². The van der Waals surface area contributed by atoms with E-state index >= 15 is 0 Å². The van der Waals surface area contributed by atoms with E-state index in [0.717, 1.165) is 4.47 Å². The van der Waals surface area contributed by atoms with Crippen molar-refractivity contribution in [3.8, 4) is 0 Å². The van der Waals surface area contributed by atoms with Gasteiger partial charge in [0, 0.05) is 12.0 Å². The number of aryl methyl sites for hydroxylation is 1. The minimum absolute atomic E-state index is 0.178. The fourth-order valence-electron chi connectivity index (χ4n) is 0.443. The Bertz CT molecular complexity index is 241. The molecule has 9 heavy (non-hydrogen) atoms. The Kier molecular flexibility index (Phi) is 1.69. The predicted octanol–water partition coefficient (Wildman–Crippen LogP) is 2.81. The highest BCUT2D eigenvalue weighted by Crippen LogP contribution is 2.17. The number of aromatic nitrogens is 1. The minimum atomic E-state index is 0.178. The number of hydrogen-bond donors (Lipinski definition) is 0. The Morgan fingerprint density at radius 3 is 3.22 bits per heavy atom. The summed E-state index contributed by atoms with van der Waals surface area (Å²) >= 11 is 8.86. The maximum Gasteiger partial charge on any atom is 0.0600 e. The van der Waals surface area contributed by atoms with E-state index in [1.807, 2.05) is 0 Å². The van der Waals surface area contributed by atoms with Crippen LogP contribution >= 0.6 is 27.5 Å². The third kappa shape index (κ3) is 1.66. The summed E-state index contributed by atoms with van der Waals surface area (Å²) in [5.74, 6) is 0. The molecule has 1 rings (SSSR count). The van der Waals surface area contributed by atoms with Crippen LogP contribution in [0.15, 0.2) is 16.7 Å². The van der Waals surface area contributed by atoms with Crippen molar-refractivity contribution in [2.45, 2.75) is 6.90 Å². The van der Waals surface area contributed by atoms with Gasteiger partial charge in [0.1, 0.15) is 0 Å². The number of pyridine rings is 1. The second-order valence-electron chi connectivity index (χ2n) is 1.58. The maximum absolute atomic E-state index is 7.02. The first kappa shape index (κ1) is 5.69. The average Bonchev–Trinajstić information content (AvgIpc) is 1.88. The van der Waals surface area contributed by atoms with Crippen LogP contribution in [-0.2, 0) is 0 Å². The maximum atomic E-state index is 7.02. The Hall–Kier alpha value is -0.0800. The first-order valence-electron chi connectivity index (χ1n) is 3.04. The zero-order valence-electron chi connectivity index (χ0n) is 5.56. The fraction of sp³-hybridized carbons (Fsp3) is 0.167. The van der Waals surface area contributed by atoms with Crippen molar-refractivity contribution in [3.05, 3.63) is 27.5 Å². The number of halogens is 2. The van der Waals surface area contributed by atoms with Gasteiger partial charge in [-0.05, 0) is 28.9 Å². The molecule has 0 unspecified atom stereocenters. The van der Waals surface area contributed by atoms with E-state index in [1.54, 1.807) is 6.07 Å². The lowest BCUT2D eigenvalue weighted by molar-refractivity contribution is 1.18. The Labute approximate surface area is 68.6 Å². The molecule has 0 aromatic carbocycles. The highest BCUT2D eigenvalue weighted by Gasteiger charge is 1.93. The largest absolute Gasteiger partial charge is 0.259 e. The summed E-state index contributed by atoms with van der Waals surface area (Å²) in [7, 11) is 0. The van der Waals surface area contributed by atoms with Crippen molar-refractivity contribution in [3.63, 3.8) is 0 Å². The van der Waals surface area contributed by atoms with Gasteiger partial charge in [-0.15, -0.1) is 0 Å². The van der Waals surface area contributed by atoms with Gasteiger partial charge < -0.3 is 0 Å². The molecule has 0 radical (unpaired) electrons. The quantitative estimate of drug-likeness (QED) is 0.637. The van der Waals surface area contributed by atoms with Crippen LogP contribution in [0.5, 0.6) is 0 Å². The van der Waals surface area contributed by atoms with Crippen LogP contribution in [0.1, 0.15) is 7.06 Å². The average molecular weight is 207 g/mol. The van der Waals surface area contributed by atoms with Gasteiger partial charge in [-0.25, -0.2) is 0 Å². The van der Waals surface area contributed by atoms with Crippen LogP contribution in [0, 0.1) is 6.90 Å². The zero-order chi connectivity index (χ0) is 7.56. The van der Waals surface area contributed by atoms with E-state index in [9.17, 15) is 0 Å². The molecule has 1 aromatic heterocycles. The van der Waals surface area contributed by atoms with E-state index in [2.05, 4.69) is 20.9 Å². The molecular formula is C6H5BrClN. The summed E-state index contributed by atoms with van der Waals surface area (Å²) in [4.78, 5) is 3.93. The van der Waals surface area contributed by atoms with Crippen LogP contribution < -0.4 is 0 Å². The van der Waals surface area contributed by atoms with E-state index in [-0.39, 0.29) is 6.90 Å². The SMILES string of the molecule is [2H]Cc1ncc(Cl)cc1Br. The second kappa shape index (κ2) is 2.67. The molecule has 0 spiro atoms. The Balaban J connectivity index is 3.07. The van der Waals surface area contributed by atoms with Crippen LogP contribution in [0.2, 0.25) is 5.02 Å². The summed E-state index contributed by atoms with van der Waals surface area (Å²) in [6, 6.07) is 1.73. The van der Waals surface area contributed by atoms with Gasteiger partial charge >= 0.3 is 0 Å². The van der Waals surface area contributed by atoms with Crippen LogP contribution in [-0.4, -0.2) is 4.98 Å². The summed E-state index contributed by atoms with van der Waals surface area (Å²) in [6.45, 7) is 0.178. The van der Waals surface area contributed by atoms with Crippen molar-refractivity contribution in [2.75, 3.05) is 0 Å². The lowest BCUT2D eigenvalue weighted by Gasteiger charge is -1.94. The number of hydrogen-bond acceptors (Lipinski definition) is 1. The number of rotatable bonds is 0. The van der Waals surface area contributed by atoms with Gasteiger partial charge in [-0.2, -0.15) is 0 Å². The van der Waals surface area contributed by atoms with Gasteiger partial charge in [0.15, 0.2) is 0 Å². The van der Waals surface area contributed by atoms with Crippen molar-refractivity contribution in [1.29, 1.82) is 0 Å². The highest BCUT2D eigenvalue weighted by molar-refractivity contribution is 9.10. The molecule has 0 N–H and O–H groups in total. The first-order valence-corrected chi connectivity index (χ1v) is 3.50. The third-order valence-electron chi connectivity index (χ3n) is 0.884. The normalized spacial score (nSPS) is 11.1. The summed E-state index contributed by atoms with van der Waals surface area (Å²) < 4.78 is 7.82. The molecule has 1 heterocycles. The lowest BCUT2D eigenvalue weighted by atomic mass is 10.4. The summed E-state index contributed by atoms with van der Waals surface area (Å²) in [5.41, 5.74) is 0.712. The van der Waals surface area contributed by atoms with E-state index in [1.165, 1.54) is 6.20 Å². The van der Waals surface area contributed by atoms with Crippen LogP contribution in [0.4, 0.5) is 0 Å². The first-order chi connectivity index (χ1) is 4.74. The van der Waals surface area contributed by atoms with Crippen molar-refractivity contribution in [1.82, 2.24) is 4.98 Å². The topological polar surface area (TPSA) is 12.9 Å². The molecule has 48 valence electrons. The monoisotopic (exact) mass is 206 g/mol. The summed E-state index contributed by atoms with van der Waals surface area (Å²) in [5, 5.41) is 0.587. The molecule has 0 saturated carbocycles. The molecule has 0 aliphatic heterocycles. The molecule has 1 aromatic rings. The van der Waals surface area contributed by atoms with Gasteiger partial charge in [0.05, 0.1) is 10.7 Å². The smallest absolute Gasteiger partial charge is 0.0600 e. The molecule has 3 heteroatoms. The third-order valence-corrected chi connectivity index (χ3v) is 1.78. The molecule has 0 amide bonds. The predicted molar refractivity (Wildman–Crippen MR) is 41.7 cm³/mol. The molecule has 0 atom stereocenters. The Morgan fingerprint density at radius 2 is 2.67 bits per heavy atom. The molecule has 0 fully saturated rings.